The number of rotatable bonds is 4. The number of ether oxygens (including phenoxy) is 2. The van der Waals surface area contributed by atoms with Crippen molar-refractivity contribution < 1.29 is 29.0 Å². The van der Waals surface area contributed by atoms with Crippen molar-refractivity contribution in [2.75, 3.05) is 6.61 Å². The van der Waals surface area contributed by atoms with Crippen molar-refractivity contribution in [3.63, 3.8) is 0 Å². The van der Waals surface area contributed by atoms with Gasteiger partial charge in [0.05, 0.1) is 0 Å². The minimum absolute atomic E-state index is 0.0753. The van der Waals surface area contributed by atoms with Gasteiger partial charge < -0.3 is 14.6 Å². The largest absolute Gasteiger partial charge is 0.462 e. The van der Waals surface area contributed by atoms with Crippen LogP contribution in [0, 0.1) is 28.6 Å². The Morgan fingerprint density at radius 3 is 2.45 bits per heavy atom. The van der Waals surface area contributed by atoms with E-state index >= 15 is 0 Å². The highest BCUT2D eigenvalue weighted by molar-refractivity contribution is 5.91. The van der Waals surface area contributed by atoms with Crippen molar-refractivity contribution in [3.05, 3.63) is 11.6 Å². The van der Waals surface area contributed by atoms with Crippen LogP contribution in [0.3, 0.4) is 0 Å². The second kappa shape index (κ2) is 7.72. The molecule has 4 rings (SSSR count). The molecular formula is C25H36O6. The molecule has 1 N–H and O–H groups in total. The van der Waals surface area contributed by atoms with Gasteiger partial charge in [0.15, 0.2) is 11.9 Å². The van der Waals surface area contributed by atoms with Crippen molar-refractivity contribution in [3.8, 4) is 0 Å². The highest BCUT2D eigenvalue weighted by atomic mass is 16.6. The van der Waals surface area contributed by atoms with E-state index in [0.29, 0.717) is 30.6 Å². The van der Waals surface area contributed by atoms with E-state index in [1.165, 1.54) is 19.4 Å². The summed E-state index contributed by atoms with van der Waals surface area (Å²) in [5.74, 6) is 0.657. The molecule has 0 saturated heterocycles. The number of carbonyl (C=O) groups excluding carboxylic acids is 3. The number of fused-ring (bicyclic) bond motifs is 5. The highest BCUT2D eigenvalue weighted by Gasteiger charge is 2.66. The van der Waals surface area contributed by atoms with E-state index in [2.05, 4.69) is 13.8 Å². The Morgan fingerprint density at radius 2 is 1.77 bits per heavy atom. The normalized spacial score (nSPS) is 42.5. The van der Waals surface area contributed by atoms with Crippen LogP contribution in [0.5, 0.6) is 0 Å². The predicted molar refractivity (Wildman–Crippen MR) is 114 cm³/mol. The quantitative estimate of drug-likeness (QED) is 0.681. The fraction of sp³-hybridized carbons (Fsp3) is 0.800. The number of carbonyl (C=O) groups is 3. The zero-order valence-electron chi connectivity index (χ0n) is 19.2. The van der Waals surface area contributed by atoms with Crippen LogP contribution in [0.4, 0.5) is 0 Å². The van der Waals surface area contributed by atoms with Crippen LogP contribution in [-0.2, 0) is 23.9 Å². The van der Waals surface area contributed by atoms with Crippen LogP contribution in [0.1, 0.15) is 79.1 Å². The molecule has 0 aliphatic heterocycles. The lowest BCUT2D eigenvalue weighted by atomic mass is 9.46. The zero-order chi connectivity index (χ0) is 22.6. The number of hydrogen-bond donors (Lipinski definition) is 1. The van der Waals surface area contributed by atoms with Crippen LogP contribution in [0.15, 0.2) is 11.6 Å². The first-order chi connectivity index (χ1) is 14.5. The Morgan fingerprint density at radius 1 is 1.06 bits per heavy atom. The SMILES string of the molecule is CC(=O)OC[C@@H](OC(C)=O)[C@@]1(O)CC[C@@H]2[C@H]3CCC4=CC(=O)CC[C@]4(C)[C@@H]3CC[C@]21C. The van der Waals surface area contributed by atoms with Gasteiger partial charge in [0.2, 0.25) is 0 Å². The lowest BCUT2D eigenvalue weighted by molar-refractivity contribution is -0.207. The number of ketones is 1. The van der Waals surface area contributed by atoms with E-state index in [4.69, 9.17) is 9.47 Å². The van der Waals surface area contributed by atoms with Gasteiger partial charge in [-0.2, -0.15) is 0 Å². The standard InChI is InChI=1S/C25H36O6/c1-15(26)30-14-22(31-16(2)27)25(29)12-9-21-19-6-5-17-13-18(28)7-10-23(17,3)20(19)8-11-24(21,25)4/h13,19-22,29H,5-12,14H2,1-4H3/t19-,20+,21+,22+,23-,24+,25-/m0/s1. The third kappa shape index (κ3) is 3.46. The summed E-state index contributed by atoms with van der Waals surface area (Å²) in [5, 5.41) is 12.0. The smallest absolute Gasteiger partial charge is 0.303 e. The van der Waals surface area contributed by atoms with Crippen molar-refractivity contribution in [1.82, 2.24) is 0 Å². The summed E-state index contributed by atoms with van der Waals surface area (Å²) in [4.78, 5) is 35.3. The molecular weight excluding hydrogens is 396 g/mol. The zero-order valence-corrected chi connectivity index (χ0v) is 19.2. The molecule has 0 heterocycles. The molecule has 3 saturated carbocycles. The van der Waals surface area contributed by atoms with Crippen molar-refractivity contribution in [2.45, 2.75) is 90.8 Å². The van der Waals surface area contributed by atoms with Crippen LogP contribution >= 0.6 is 0 Å². The molecule has 0 unspecified atom stereocenters. The molecule has 0 aromatic rings. The Balaban J connectivity index is 1.63. The van der Waals surface area contributed by atoms with E-state index in [0.717, 1.165) is 38.5 Å². The monoisotopic (exact) mass is 432 g/mol. The topological polar surface area (TPSA) is 89.9 Å². The van der Waals surface area contributed by atoms with E-state index in [9.17, 15) is 19.5 Å². The Labute approximate surface area is 184 Å². The summed E-state index contributed by atoms with van der Waals surface area (Å²) in [6, 6.07) is 0. The molecule has 4 aliphatic carbocycles. The third-order valence-corrected chi connectivity index (χ3v) is 9.46. The summed E-state index contributed by atoms with van der Waals surface area (Å²) in [7, 11) is 0. The lowest BCUT2D eigenvalue weighted by Crippen LogP contribution is -2.60. The van der Waals surface area contributed by atoms with E-state index in [-0.39, 0.29) is 17.8 Å². The molecule has 31 heavy (non-hydrogen) atoms. The second-order valence-corrected chi connectivity index (χ2v) is 10.8. The first-order valence-electron chi connectivity index (χ1n) is 11.8. The third-order valence-electron chi connectivity index (χ3n) is 9.46. The van der Waals surface area contributed by atoms with Gasteiger partial charge in [0.25, 0.3) is 0 Å². The average molecular weight is 433 g/mol. The van der Waals surface area contributed by atoms with Crippen molar-refractivity contribution >= 4 is 17.7 Å². The molecule has 0 amide bonds. The fourth-order valence-electron chi connectivity index (χ4n) is 7.80. The van der Waals surface area contributed by atoms with E-state index in [1.807, 2.05) is 6.08 Å². The molecule has 172 valence electrons. The Bertz CT molecular complexity index is 817. The number of allylic oxidation sites excluding steroid dienone is 1. The summed E-state index contributed by atoms with van der Waals surface area (Å²) in [5.41, 5.74) is -0.222. The molecule has 3 fully saturated rings. The summed E-state index contributed by atoms with van der Waals surface area (Å²) < 4.78 is 10.7. The molecule has 0 radical (unpaired) electrons. The van der Waals surface area contributed by atoms with Gasteiger partial charge in [-0.25, -0.2) is 0 Å². The molecule has 0 bridgehead atoms. The van der Waals surface area contributed by atoms with Crippen LogP contribution in [0.25, 0.3) is 0 Å². The average Bonchev–Trinajstić information content (AvgIpc) is 2.97. The molecule has 0 aromatic heterocycles. The number of hydrogen-bond acceptors (Lipinski definition) is 6. The minimum Gasteiger partial charge on any atom is -0.462 e. The van der Waals surface area contributed by atoms with E-state index < -0.39 is 29.1 Å². The first kappa shape index (κ1) is 22.5. The summed E-state index contributed by atoms with van der Waals surface area (Å²) in [6.07, 6.45) is 7.84. The molecule has 7 atom stereocenters. The van der Waals surface area contributed by atoms with Gasteiger partial charge in [0, 0.05) is 25.7 Å². The number of esters is 2. The molecule has 6 nitrogen and oxygen atoms in total. The van der Waals surface area contributed by atoms with Gasteiger partial charge in [-0.05, 0) is 74.2 Å². The Kier molecular flexibility index (Phi) is 5.60. The van der Waals surface area contributed by atoms with Gasteiger partial charge in [0.1, 0.15) is 12.2 Å². The van der Waals surface area contributed by atoms with Crippen molar-refractivity contribution in [2.24, 2.45) is 28.6 Å². The van der Waals surface area contributed by atoms with Gasteiger partial charge in [-0.1, -0.05) is 19.4 Å². The summed E-state index contributed by atoms with van der Waals surface area (Å²) in [6.45, 7) is 7.02. The van der Waals surface area contributed by atoms with Crippen LogP contribution in [-0.4, -0.2) is 41.1 Å². The maximum Gasteiger partial charge on any atom is 0.303 e. The van der Waals surface area contributed by atoms with Crippen molar-refractivity contribution in [1.29, 1.82) is 0 Å². The maximum absolute atomic E-state index is 12.0. The van der Waals surface area contributed by atoms with Gasteiger partial charge >= 0.3 is 11.9 Å². The lowest BCUT2D eigenvalue weighted by Gasteiger charge is -2.59. The molecule has 6 heteroatoms. The fourth-order valence-corrected chi connectivity index (χ4v) is 7.80. The molecule has 4 aliphatic rings. The van der Waals surface area contributed by atoms with Gasteiger partial charge in [-0.3, -0.25) is 14.4 Å². The molecule has 0 spiro atoms. The predicted octanol–water partition coefficient (Wildman–Crippen LogP) is 3.74. The van der Waals surface area contributed by atoms with E-state index in [1.54, 1.807) is 0 Å². The number of aliphatic hydroxyl groups is 1. The van der Waals surface area contributed by atoms with Crippen LogP contribution < -0.4 is 0 Å². The van der Waals surface area contributed by atoms with Crippen LogP contribution in [0.2, 0.25) is 0 Å². The minimum atomic E-state index is -1.22. The highest BCUT2D eigenvalue weighted by Crippen LogP contribution is 2.68. The molecule has 0 aromatic carbocycles. The summed E-state index contributed by atoms with van der Waals surface area (Å²) >= 11 is 0. The first-order valence-corrected chi connectivity index (χ1v) is 11.8. The van der Waals surface area contributed by atoms with Gasteiger partial charge in [-0.15, -0.1) is 0 Å². The Hall–Kier alpha value is -1.69. The maximum atomic E-state index is 12.0. The second-order valence-electron chi connectivity index (χ2n) is 10.8.